The summed E-state index contributed by atoms with van der Waals surface area (Å²) < 4.78 is 0. The first-order chi connectivity index (χ1) is 6.33. The van der Waals surface area contributed by atoms with Crippen LogP contribution in [0, 0.1) is 0 Å². The Morgan fingerprint density at radius 3 is 2.92 bits per heavy atom. The zero-order valence-corrected chi connectivity index (χ0v) is 8.15. The van der Waals surface area contributed by atoms with Gasteiger partial charge in [-0.3, -0.25) is 0 Å². The maximum Gasteiger partial charge on any atom is 0.144 e. The fourth-order valence-electron chi connectivity index (χ4n) is 1.23. The van der Waals surface area contributed by atoms with Crippen LogP contribution < -0.4 is 5.73 Å². The van der Waals surface area contributed by atoms with Crippen LogP contribution in [-0.2, 0) is 0 Å². The molecule has 64 valence electrons. The number of anilines is 1. The molecule has 5 heteroatoms. The van der Waals surface area contributed by atoms with Gasteiger partial charge in [0.25, 0.3) is 0 Å². The van der Waals surface area contributed by atoms with Crippen LogP contribution in [0.3, 0.4) is 0 Å². The molecule has 0 saturated heterocycles. The van der Waals surface area contributed by atoms with Crippen molar-refractivity contribution in [2.45, 2.75) is 0 Å². The van der Waals surface area contributed by atoms with E-state index in [0.717, 1.165) is 25.7 Å². The lowest BCUT2D eigenvalue weighted by molar-refractivity contribution is 1.46. The van der Waals surface area contributed by atoms with Gasteiger partial charge in [0.2, 0.25) is 0 Å². The third kappa shape index (κ3) is 1.01. The number of aromatic nitrogens is 2. The average Bonchev–Trinajstić information content (AvgIpc) is 2.63. The summed E-state index contributed by atoms with van der Waals surface area (Å²) in [6, 6.07) is 3.84. The normalized spacial score (nSPS) is 11.4. The topological polar surface area (TPSA) is 51.8 Å². The lowest BCUT2D eigenvalue weighted by Gasteiger charge is -1.87. The van der Waals surface area contributed by atoms with Crippen molar-refractivity contribution in [2.75, 3.05) is 5.73 Å². The molecule has 3 aromatic rings. The molecule has 0 amide bonds. The molecule has 3 heterocycles. The first-order valence-electron chi connectivity index (χ1n) is 3.73. The van der Waals surface area contributed by atoms with E-state index in [-0.39, 0.29) is 0 Å². The summed E-state index contributed by atoms with van der Waals surface area (Å²) in [4.78, 5) is 10.8. The van der Waals surface area contributed by atoms with Crippen LogP contribution in [0.2, 0.25) is 0 Å². The van der Waals surface area contributed by atoms with E-state index in [4.69, 9.17) is 5.73 Å². The van der Waals surface area contributed by atoms with E-state index in [9.17, 15) is 0 Å². The average molecular weight is 207 g/mol. The molecule has 0 spiro atoms. The van der Waals surface area contributed by atoms with E-state index in [2.05, 4.69) is 9.97 Å². The number of hydrogen-bond donors (Lipinski definition) is 1. The van der Waals surface area contributed by atoms with Gasteiger partial charge in [0.1, 0.15) is 20.7 Å². The Morgan fingerprint density at radius 1 is 1.15 bits per heavy atom. The van der Waals surface area contributed by atoms with Gasteiger partial charge in [-0.25, -0.2) is 9.97 Å². The van der Waals surface area contributed by atoms with Crippen LogP contribution >= 0.6 is 22.7 Å². The SMILES string of the molecule is Nc1cc2nc3sccc3nc2s1. The quantitative estimate of drug-likeness (QED) is 0.616. The van der Waals surface area contributed by atoms with Gasteiger partial charge >= 0.3 is 0 Å². The molecule has 0 saturated carbocycles. The molecule has 3 aromatic heterocycles. The maximum atomic E-state index is 5.66. The minimum absolute atomic E-state index is 0.771. The molecule has 0 atom stereocenters. The van der Waals surface area contributed by atoms with Crippen LogP contribution in [0.4, 0.5) is 5.00 Å². The van der Waals surface area contributed by atoms with Crippen molar-refractivity contribution >= 4 is 48.4 Å². The summed E-state index contributed by atoms with van der Waals surface area (Å²) in [6.07, 6.45) is 0. The fraction of sp³-hybridized carbons (Fsp3) is 0. The summed E-state index contributed by atoms with van der Waals surface area (Å²) >= 11 is 3.08. The first-order valence-corrected chi connectivity index (χ1v) is 5.43. The molecule has 3 rings (SSSR count). The highest BCUT2D eigenvalue weighted by atomic mass is 32.1. The Kier molecular flexibility index (Phi) is 1.33. The van der Waals surface area contributed by atoms with E-state index in [1.165, 1.54) is 11.3 Å². The summed E-state index contributed by atoms with van der Waals surface area (Å²) in [7, 11) is 0. The molecule has 3 nitrogen and oxygen atoms in total. The summed E-state index contributed by atoms with van der Waals surface area (Å²) in [6.45, 7) is 0. The van der Waals surface area contributed by atoms with Gasteiger partial charge in [-0.15, -0.1) is 11.3 Å². The van der Waals surface area contributed by atoms with Crippen molar-refractivity contribution in [3.8, 4) is 0 Å². The molecule has 0 aliphatic rings. The second-order valence-electron chi connectivity index (χ2n) is 2.67. The summed E-state index contributed by atoms with van der Waals surface area (Å²) in [5, 5.41) is 2.77. The van der Waals surface area contributed by atoms with Crippen LogP contribution in [0.1, 0.15) is 0 Å². The summed E-state index contributed by atoms with van der Waals surface area (Å²) in [5.74, 6) is 0. The molecule has 0 aliphatic heterocycles. The number of nitrogens with two attached hydrogens (primary N) is 1. The maximum absolute atomic E-state index is 5.66. The number of rotatable bonds is 0. The van der Waals surface area contributed by atoms with E-state index >= 15 is 0 Å². The van der Waals surface area contributed by atoms with Crippen LogP contribution in [0.5, 0.6) is 0 Å². The Hall–Kier alpha value is -1.20. The van der Waals surface area contributed by atoms with Crippen molar-refractivity contribution in [2.24, 2.45) is 0 Å². The standard InChI is InChI=1S/C8H5N3S2/c9-6-3-5-8(13-6)10-4-1-2-12-7(4)11-5/h1-3H,9H2. The lowest BCUT2D eigenvalue weighted by Crippen LogP contribution is -1.77. The molecule has 0 aromatic carbocycles. The predicted molar refractivity (Wildman–Crippen MR) is 57.2 cm³/mol. The second kappa shape index (κ2) is 2.40. The highest BCUT2D eigenvalue weighted by Crippen LogP contribution is 2.27. The minimum Gasteiger partial charge on any atom is -0.390 e. The largest absolute Gasteiger partial charge is 0.390 e. The predicted octanol–water partition coefficient (Wildman–Crippen LogP) is 2.49. The van der Waals surface area contributed by atoms with Gasteiger partial charge in [-0.2, -0.15) is 0 Å². The Morgan fingerprint density at radius 2 is 2.00 bits per heavy atom. The monoisotopic (exact) mass is 207 g/mol. The fourth-order valence-corrected chi connectivity index (χ4v) is 2.69. The van der Waals surface area contributed by atoms with Gasteiger partial charge in [0.15, 0.2) is 0 Å². The highest BCUT2D eigenvalue weighted by molar-refractivity contribution is 7.22. The molecule has 13 heavy (non-hydrogen) atoms. The lowest BCUT2D eigenvalue weighted by atomic mass is 10.5. The molecular formula is C8H5N3S2. The highest BCUT2D eigenvalue weighted by Gasteiger charge is 2.04. The molecule has 0 bridgehead atoms. The number of hydrogen-bond acceptors (Lipinski definition) is 5. The van der Waals surface area contributed by atoms with Crippen molar-refractivity contribution in [3.63, 3.8) is 0 Å². The van der Waals surface area contributed by atoms with Gasteiger partial charge in [0.05, 0.1) is 5.00 Å². The van der Waals surface area contributed by atoms with Gasteiger partial charge in [-0.1, -0.05) is 11.3 Å². The first kappa shape index (κ1) is 7.23. The zero-order chi connectivity index (χ0) is 8.84. The van der Waals surface area contributed by atoms with Gasteiger partial charge in [0, 0.05) is 6.07 Å². The third-order valence-corrected chi connectivity index (χ3v) is 3.42. The second-order valence-corrected chi connectivity index (χ2v) is 4.63. The number of fused-ring (bicyclic) bond motifs is 2. The molecular weight excluding hydrogens is 202 g/mol. The van der Waals surface area contributed by atoms with Crippen molar-refractivity contribution in [1.82, 2.24) is 9.97 Å². The number of thiophene rings is 2. The molecule has 0 radical (unpaired) electrons. The Bertz CT molecular complexity index is 533. The van der Waals surface area contributed by atoms with Crippen molar-refractivity contribution < 1.29 is 0 Å². The smallest absolute Gasteiger partial charge is 0.144 e. The minimum atomic E-state index is 0.771. The third-order valence-electron chi connectivity index (χ3n) is 1.78. The van der Waals surface area contributed by atoms with E-state index in [1.54, 1.807) is 11.3 Å². The molecule has 0 unspecified atom stereocenters. The number of nitrogens with zero attached hydrogens (tertiary/aromatic N) is 2. The Labute approximate surface area is 81.9 Å². The molecule has 2 N–H and O–H groups in total. The van der Waals surface area contributed by atoms with Crippen LogP contribution in [0.25, 0.3) is 20.7 Å². The van der Waals surface area contributed by atoms with E-state index in [1.807, 2.05) is 17.5 Å². The van der Waals surface area contributed by atoms with Crippen LogP contribution in [-0.4, -0.2) is 9.97 Å². The molecule has 0 aliphatic carbocycles. The zero-order valence-electron chi connectivity index (χ0n) is 6.52. The van der Waals surface area contributed by atoms with Gasteiger partial charge in [-0.05, 0) is 11.4 Å². The van der Waals surface area contributed by atoms with Crippen molar-refractivity contribution in [3.05, 3.63) is 17.5 Å². The Balaban J connectivity index is 2.54. The summed E-state index contributed by atoms with van der Waals surface area (Å²) in [5.41, 5.74) is 7.52. The van der Waals surface area contributed by atoms with Gasteiger partial charge < -0.3 is 5.73 Å². The van der Waals surface area contributed by atoms with E-state index < -0.39 is 0 Å². The number of nitrogen functional groups attached to an aromatic ring is 1. The van der Waals surface area contributed by atoms with E-state index in [0.29, 0.717) is 0 Å². The molecule has 0 fully saturated rings. The van der Waals surface area contributed by atoms with Crippen LogP contribution in [0.15, 0.2) is 17.5 Å². The van der Waals surface area contributed by atoms with Crippen molar-refractivity contribution in [1.29, 1.82) is 0 Å².